The Labute approximate surface area is 120 Å². The number of fused-ring (bicyclic) bond motifs is 1. The molecule has 1 N–H and O–H groups in total. The summed E-state index contributed by atoms with van der Waals surface area (Å²) in [6.45, 7) is 2.18. The summed E-state index contributed by atoms with van der Waals surface area (Å²) in [6.07, 6.45) is 2.22. The van der Waals surface area contributed by atoms with E-state index in [9.17, 15) is 0 Å². The number of nitrogens with one attached hydrogen (secondary N) is 1. The average Bonchev–Trinajstić information content (AvgIpc) is 2.89. The summed E-state index contributed by atoms with van der Waals surface area (Å²) in [7, 11) is 0. The van der Waals surface area contributed by atoms with Crippen molar-refractivity contribution in [1.29, 1.82) is 5.26 Å². The number of hydrogen-bond donors (Lipinski definition) is 1. The van der Waals surface area contributed by atoms with Gasteiger partial charge in [-0.1, -0.05) is 36.4 Å². The Balaban J connectivity index is 1.65. The molecule has 2 aromatic rings. The lowest BCUT2D eigenvalue weighted by Gasteiger charge is -2.19. The maximum Gasteiger partial charge on any atom is 0.0991 e. The molecule has 1 unspecified atom stereocenters. The highest BCUT2D eigenvalue weighted by molar-refractivity contribution is 5.35. The van der Waals surface area contributed by atoms with Gasteiger partial charge in [-0.15, -0.1) is 0 Å². The highest BCUT2D eigenvalue weighted by atomic mass is 14.9. The van der Waals surface area contributed by atoms with Crippen LogP contribution in [0.2, 0.25) is 0 Å². The van der Waals surface area contributed by atoms with Gasteiger partial charge in [0.05, 0.1) is 11.6 Å². The number of rotatable bonds is 3. The SMILES string of the molecule is CC(NC1Cc2ccccc2C1)c1ccc(C#N)cc1. The van der Waals surface area contributed by atoms with Gasteiger partial charge in [0.2, 0.25) is 0 Å². The van der Waals surface area contributed by atoms with Crippen molar-refractivity contribution >= 4 is 0 Å². The summed E-state index contributed by atoms with van der Waals surface area (Å²) in [5.41, 5.74) is 4.89. The fourth-order valence-corrected chi connectivity index (χ4v) is 2.97. The lowest BCUT2D eigenvalue weighted by molar-refractivity contribution is 0.467. The van der Waals surface area contributed by atoms with Gasteiger partial charge in [-0.25, -0.2) is 0 Å². The highest BCUT2D eigenvalue weighted by Crippen LogP contribution is 2.24. The predicted molar refractivity (Wildman–Crippen MR) is 80.3 cm³/mol. The van der Waals surface area contributed by atoms with E-state index in [-0.39, 0.29) is 0 Å². The van der Waals surface area contributed by atoms with Crippen LogP contribution in [-0.4, -0.2) is 6.04 Å². The van der Waals surface area contributed by atoms with E-state index in [4.69, 9.17) is 5.26 Å². The van der Waals surface area contributed by atoms with Gasteiger partial charge in [-0.05, 0) is 48.6 Å². The van der Waals surface area contributed by atoms with E-state index in [0.717, 1.165) is 12.8 Å². The zero-order valence-corrected chi connectivity index (χ0v) is 11.6. The second-order valence-electron chi connectivity index (χ2n) is 5.50. The molecule has 0 bridgehead atoms. The Morgan fingerprint density at radius 2 is 1.65 bits per heavy atom. The van der Waals surface area contributed by atoms with Crippen LogP contribution in [0, 0.1) is 11.3 Å². The van der Waals surface area contributed by atoms with Crippen molar-refractivity contribution in [3.63, 3.8) is 0 Å². The van der Waals surface area contributed by atoms with E-state index in [1.807, 2.05) is 24.3 Å². The summed E-state index contributed by atoms with van der Waals surface area (Å²) in [5.74, 6) is 0. The minimum absolute atomic E-state index is 0.307. The van der Waals surface area contributed by atoms with Crippen molar-refractivity contribution in [2.24, 2.45) is 0 Å². The van der Waals surface area contributed by atoms with Crippen LogP contribution in [0.15, 0.2) is 48.5 Å². The van der Waals surface area contributed by atoms with Gasteiger partial charge in [0.25, 0.3) is 0 Å². The fourth-order valence-electron chi connectivity index (χ4n) is 2.97. The molecule has 20 heavy (non-hydrogen) atoms. The van der Waals surface area contributed by atoms with Crippen LogP contribution >= 0.6 is 0 Å². The number of nitriles is 1. The molecule has 1 atom stereocenters. The van der Waals surface area contributed by atoms with Gasteiger partial charge in [0, 0.05) is 12.1 Å². The molecule has 1 aliphatic carbocycles. The summed E-state index contributed by atoms with van der Waals surface area (Å²) in [5, 5.41) is 12.5. The van der Waals surface area contributed by atoms with Crippen molar-refractivity contribution in [3.8, 4) is 6.07 Å². The zero-order chi connectivity index (χ0) is 13.9. The summed E-state index contributed by atoms with van der Waals surface area (Å²) < 4.78 is 0. The minimum Gasteiger partial charge on any atom is -0.307 e. The molecule has 100 valence electrons. The standard InChI is InChI=1S/C18H18N2/c1-13(15-8-6-14(12-19)7-9-15)20-18-10-16-4-2-3-5-17(16)11-18/h2-9,13,18,20H,10-11H2,1H3. The second kappa shape index (κ2) is 5.48. The first-order valence-electron chi connectivity index (χ1n) is 7.09. The predicted octanol–water partition coefficient (Wildman–Crippen LogP) is 3.38. The Kier molecular flexibility index (Phi) is 3.54. The fraction of sp³-hybridized carbons (Fsp3) is 0.278. The van der Waals surface area contributed by atoms with Crippen molar-refractivity contribution in [2.75, 3.05) is 0 Å². The summed E-state index contributed by atoms with van der Waals surface area (Å²) in [6, 6.07) is 19.5. The third-order valence-electron chi connectivity index (χ3n) is 4.08. The minimum atomic E-state index is 0.307. The topological polar surface area (TPSA) is 35.8 Å². The molecule has 2 heteroatoms. The van der Waals surface area contributed by atoms with Gasteiger partial charge in [0.1, 0.15) is 0 Å². The van der Waals surface area contributed by atoms with Crippen molar-refractivity contribution in [3.05, 3.63) is 70.8 Å². The molecule has 2 nitrogen and oxygen atoms in total. The largest absolute Gasteiger partial charge is 0.307 e. The molecule has 0 saturated heterocycles. The Hall–Kier alpha value is -2.11. The van der Waals surface area contributed by atoms with Crippen LogP contribution in [0.25, 0.3) is 0 Å². The van der Waals surface area contributed by atoms with Crippen LogP contribution in [0.5, 0.6) is 0 Å². The van der Waals surface area contributed by atoms with Gasteiger partial charge < -0.3 is 5.32 Å². The molecular formula is C18H18N2. The van der Waals surface area contributed by atoms with Gasteiger partial charge >= 0.3 is 0 Å². The maximum atomic E-state index is 8.83. The second-order valence-corrected chi connectivity index (χ2v) is 5.50. The lowest BCUT2D eigenvalue weighted by Crippen LogP contribution is -2.32. The first-order valence-corrected chi connectivity index (χ1v) is 7.09. The molecule has 0 fully saturated rings. The van der Waals surface area contributed by atoms with Gasteiger partial charge in [-0.2, -0.15) is 5.26 Å². The molecule has 0 aliphatic heterocycles. The van der Waals surface area contributed by atoms with Crippen LogP contribution in [0.1, 0.15) is 35.2 Å². The highest BCUT2D eigenvalue weighted by Gasteiger charge is 2.22. The molecule has 0 radical (unpaired) electrons. The Morgan fingerprint density at radius 3 is 2.20 bits per heavy atom. The van der Waals surface area contributed by atoms with E-state index >= 15 is 0 Å². The number of nitrogens with zero attached hydrogens (tertiary/aromatic N) is 1. The van der Waals surface area contributed by atoms with Crippen LogP contribution in [0.3, 0.4) is 0 Å². The van der Waals surface area contributed by atoms with Crippen LogP contribution in [0.4, 0.5) is 0 Å². The van der Waals surface area contributed by atoms with Gasteiger partial charge in [0.15, 0.2) is 0 Å². The molecule has 0 amide bonds. The molecule has 2 aromatic carbocycles. The van der Waals surface area contributed by atoms with Gasteiger partial charge in [-0.3, -0.25) is 0 Å². The monoisotopic (exact) mass is 262 g/mol. The third kappa shape index (κ3) is 2.59. The molecular weight excluding hydrogens is 244 g/mol. The summed E-state index contributed by atoms with van der Waals surface area (Å²) in [4.78, 5) is 0. The van der Waals surface area contributed by atoms with Crippen molar-refractivity contribution in [1.82, 2.24) is 5.32 Å². The Bertz CT molecular complexity index is 612. The molecule has 0 spiro atoms. The quantitative estimate of drug-likeness (QED) is 0.920. The average molecular weight is 262 g/mol. The first kappa shape index (κ1) is 12.9. The molecule has 3 rings (SSSR count). The molecule has 0 heterocycles. The van der Waals surface area contributed by atoms with E-state index in [0.29, 0.717) is 17.6 Å². The maximum absolute atomic E-state index is 8.83. The first-order chi connectivity index (χ1) is 9.76. The Morgan fingerprint density at radius 1 is 1.05 bits per heavy atom. The van der Waals surface area contributed by atoms with E-state index in [1.54, 1.807) is 0 Å². The van der Waals surface area contributed by atoms with Crippen molar-refractivity contribution < 1.29 is 0 Å². The smallest absolute Gasteiger partial charge is 0.0991 e. The molecule has 0 saturated carbocycles. The molecule has 0 aromatic heterocycles. The normalized spacial score (nSPS) is 15.6. The zero-order valence-electron chi connectivity index (χ0n) is 11.6. The van der Waals surface area contributed by atoms with E-state index < -0.39 is 0 Å². The van der Waals surface area contributed by atoms with Crippen LogP contribution in [-0.2, 0) is 12.8 Å². The number of benzene rings is 2. The summed E-state index contributed by atoms with van der Waals surface area (Å²) >= 11 is 0. The number of hydrogen-bond acceptors (Lipinski definition) is 2. The molecule has 1 aliphatic rings. The van der Waals surface area contributed by atoms with Crippen molar-refractivity contribution in [2.45, 2.75) is 31.8 Å². The van der Waals surface area contributed by atoms with E-state index in [2.05, 4.69) is 42.6 Å². The van der Waals surface area contributed by atoms with Crippen LogP contribution < -0.4 is 5.32 Å². The third-order valence-corrected chi connectivity index (χ3v) is 4.08. The van der Waals surface area contributed by atoms with E-state index in [1.165, 1.54) is 16.7 Å². The lowest BCUT2D eigenvalue weighted by atomic mass is 10.0.